The molecule has 11 heteroatoms. The average Bonchev–Trinajstić information content (AvgIpc) is 3.16. The second-order valence-corrected chi connectivity index (χ2v) is 8.08. The van der Waals surface area contributed by atoms with Crippen molar-refractivity contribution >= 4 is 35.0 Å². The maximum Gasteiger partial charge on any atom is 0.325 e. The van der Waals surface area contributed by atoms with Crippen molar-refractivity contribution in [3.8, 4) is 5.69 Å². The van der Waals surface area contributed by atoms with Crippen molar-refractivity contribution in [1.82, 2.24) is 24.7 Å². The van der Waals surface area contributed by atoms with Gasteiger partial charge >= 0.3 is 5.69 Å². The number of anilines is 1. The van der Waals surface area contributed by atoms with Crippen LogP contribution in [-0.4, -0.2) is 36.4 Å². The number of hydrogen-bond donors (Lipinski definition) is 3. The lowest BCUT2D eigenvalue weighted by atomic mass is 10.2. The lowest BCUT2D eigenvalue weighted by molar-refractivity contribution is -0.113. The molecule has 4 aromatic rings. The van der Waals surface area contributed by atoms with Crippen molar-refractivity contribution in [2.45, 2.75) is 11.6 Å². The zero-order valence-corrected chi connectivity index (χ0v) is 18.1. The quantitative estimate of drug-likeness (QED) is 0.358. The molecule has 0 saturated heterocycles. The molecule has 2 aromatic carbocycles. The maximum absolute atomic E-state index is 12.4. The van der Waals surface area contributed by atoms with Gasteiger partial charge in [0, 0.05) is 34.6 Å². The number of halogens is 1. The lowest BCUT2D eigenvalue weighted by Gasteiger charge is -2.10. The van der Waals surface area contributed by atoms with E-state index in [2.05, 4.69) is 25.5 Å². The molecule has 2 heterocycles. The van der Waals surface area contributed by atoms with Gasteiger partial charge in [-0.3, -0.25) is 19.1 Å². The Morgan fingerprint density at radius 2 is 1.78 bits per heavy atom. The number of H-pyrrole nitrogens is 2. The van der Waals surface area contributed by atoms with Crippen LogP contribution in [0.2, 0.25) is 5.02 Å². The lowest BCUT2D eigenvalue weighted by Crippen LogP contribution is -2.23. The number of nitrogens with one attached hydrogen (secondary N) is 3. The standard InChI is InChI=1S/C21H17ClN6O3S/c22-13-6-8-14(9-7-13)23-19(30)12-32-21-27-26-17(28(21)16-4-2-1-3-5-16)10-15-11-18(29)25-20(31)24-15/h1-9,11H,10,12H2,(H,23,30)(H2,24,25,29,31). The molecule has 0 fully saturated rings. The van der Waals surface area contributed by atoms with E-state index in [1.165, 1.54) is 17.8 Å². The predicted octanol–water partition coefficient (Wildman–Crippen LogP) is 2.62. The summed E-state index contributed by atoms with van der Waals surface area (Å²) >= 11 is 7.09. The third kappa shape index (κ3) is 5.34. The largest absolute Gasteiger partial charge is 0.325 e. The van der Waals surface area contributed by atoms with E-state index in [1.54, 1.807) is 28.8 Å². The summed E-state index contributed by atoms with van der Waals surface area (Å²) < 4.78 is 1.79. The molecule has 0 spiro atoms. The number of thioether (sulfide) groups is 1. The number of aromatic nitrogens is 5. The normalized spacial score (nSPS) is 10.8. The number of benzene rings is 2. The Hall–Kier alpha value is -3.63. The fourth-order valence-electron chi connectivity index (χ4n) is 2.99. The zero-order valence-electron chi connectivity index (χ0n) is 16.5. The topological polar surface area (TPSA) is 126 Å². The Labute approximate surface area is 190 Å². The van der Waals surface area contributed by atoms with Crippen molar-refractivity contribution < 1.29 is 4.79 Å². The number of para-hydroxylation sites is 1. The van der Waals surface area contributed by atoms with E-state index in [-0.39, 0.29) is 18.1 Å². The molecule has 162 valence electrons. The number of carbonyl (C=O) groups excluding carboxylic acids is 1. The minimum atomic E-state index is -0.591. The maximum atomic E-state index is 12.4. The molecule has 0 unspecified atom stereocenters. The van der Waals surface area contributed by atoms with Gasteiger partial charge in [-0.05, 0) is 36.4 Å². The van der Waals surface area contributed by atoms with Crippen molar-refractivity contribution in [3.05, 3.63) is 98.0 Å². The summed E-state index contributed by atoms with van der Waals surface area (Å²) in [6.45, 7) is 0. The second-order valence-electron chi connectivity index (χ2n) is 6.70. The summed E-state index contributed by atoms with van der Waals surface area (Å²) in [4.78, 5) is 40.4. The summed E-state index contributed by atoms with van der Waals surface area (Å²) in [5, 5.41) is 12.3. The van der Waals surface area contributed by atoms with Crippen LogP contribution in [0.15, 0.2) is 75.4 Å². The Bertz CT molecular complexity index is 1320. The first-order chi connectivity index (χ1) is 15.5. The van der Waals surface area contributed by atoms with Crippen molar-refractivity contribution in [2.75, 3.05) is 11.1 Å². The van der Waals surface area contributed by atoms with Crippen molar-refractivity contribution in [2.24, 2.45) is 0 Å². The second kappa shape index (κ2) is 9.67. The van der Waals surface area contributed by atoms with Crippen molar-refractivity contribution in [1.29, 1.82) is 0 Å². The Balaban J connectivity index is 1.56. The number of aromatic amines is 2. The Kier molecular flexibility index (Phi) is 6.52. The fraction of sp³-hybridized carbons (Fsp3) is 0.0952. The highest BCUT2D eigenvalue weighted by molar-refractivity contribution is 7.99. The molecule has 0 aliphatic heterocycles. The molecule has 32 heavy (non-hydrogen) atoms. The van der Waals surface area contributed by atoms with Gasteiger partial charge in [0.25, 0.3) is 5.56 Å². The monoisotopic (exact) mass is 468 g/mol. The van der Waals surface area contributed by atoms with Crippen LogP contribution in [0, 0.1) is 0 Å². The van der Waals surface area contributed by atoms with Gasteiger partial charge in [0.1, 0.15) is 5.82 Å². The molecule has 3 N–H and O–H groups in total. The summed E-state index contributed by atoms with van der Waals surface area (Å²) in [5.41, 5.74) is 0.749. The first-order valence-corrected chi connectivity index (χ1v) is 10.8. The van der Waals surface area contributed by atoms with Crippen molar-refractivity contribution in [3.63, 3.8) is 0 Å². The van der Waals surface area contributed by atoms with Gasteiger partial charge in [-0.2, -0.15) is 0 Å². The van der Waals surface area contributed by atoms with Crippen LogP contribution >= 0.6 is 23.4 Å². The van der Waals surface area contributed by atoms with Gasteiger partial charge in [0.2, 0.25) is 5.91 Å². The Morgan fingerprint density at radius 3 is 2.50 bits per heavy atom. The molecular weight excluding hydrogens is 452 g/mol. The van der Waals surface area contributed by atoms with Gasteiger partial charge in [-0.15, -0.1) is 10.2 Å². The van der Waals surface area contributed by atoms with E-state index < -0.39 is 11.2 Å². The molecule has 0 radical (unpaired) electrons. The summed E-state index contributed by atoms with van der Waals surface area (Å²) in [6.07, 6.45) is 0.179. The van der Waals surface area contributed by atoms with Crippen LogP contribution in [0.1, 0.15) is 11.5 Å². The number of nitrogens with zero attached hydrogens (tertiary/aromatic N) is 3. The van der Waals surface area contributed by atoms with Gasteiger partial charge in [0.15, 0.2) is 5.16 Å². The highest BCUT2D eigenvalue weighted by Crippen LogP contribution is 2.23. The minimum absolute atomic E-state index is 0.107. The van der Waals surface area contributed by atoms with E-state index in [0.29, 0.717) is 27.4 Å². The van der Waals surface area contributed by atoms with Gasteiger partial charge in [-0.1, -0.05) is 41.6 Å². The molecular formula is C21H17ClN6O3S. The molecule has 4 rings (SSSR count). The van der Waals surface area contributed by atoms with E-state index in [0.717, 1.165) is 5.69 Å². The number of hydrogen-bond acceptors (Lipinski definition) is 6. The molecule has 0 aliphatic rings. The average molecular weight is 469 g/mol. The Morgan fingerprint density at radius 1 is 1.03 bits per heavy atom. The highest BCUT2D eigenvalue weighted by Gasteiger charge is 2.17. The number of carbonyl (C=O) groups is 1. The van der Waals surface area contributed by atoms with Crippen LogP contribution < -0.4 is 16.6 Å². The summed E-state index contributed by atoms with van der Waals surface area (Å²) in [5.74, 6) is 0.411. The molecule has 2 aromatic heterocycles. The molecule has 0 atom stereocenters. The third-order valence-electron chi connectivity index (χ3n) is 4.34. The van der Waals surface area contributed by atoms with Crippen LogP contribution in [0.25, 0.3) is 5.69 Å². The van der Waals surface area contributed by atoms with E-state index in [1.807, 2.05) is 30.3 Å². The first-order valence-electron chi connectivity index (χ1n) is 9.48. The molecule has 0 aliphatic carbocycles. The molecule has 9 nitrogen and oxygen atoms in total. The van der Waals surface area contributed by atoms with E-state index in [9.17, 15) is 14.4 Å². The fourth-order valence-corrected chi connectivity index (χ4v) is 3.89. The van der Waals surface area contributed by atoms with Crippen LogP contribution in [0.3, 0.4) is 0 Å². The zero-order chi connectivity index (χ0) is 22.5. The van der Waals surface area contributed by atoms with Crippen LogP contribution in [-0.2, 0) is 11.2 Å². The minimum Gasteiger partial charge on any atom is -0.325 e. The molecule has 1 amide bonds. The van der Waals surface area contributed by atoms with E-state index >= 15 is 0 Å². The third-order valence-corrected chi connectivity index (χ3v) is 5.52. The smallest absolute Gasteiger partial charge is 0.325 e. The number of rotatable bonds is 7. The van der Waals surface area contributed by atoms with E-state index in [4.69, 9.17) is 11.6 Å². The van der Waals surface area contributed by atoms with Gasteiger partial charge in [-0.25, -0.2) is 4.79 Å². The number of amides is 1. The summed E-state index contributed by atoms with van der Waals surface area (Å²) in [6, 6.07) is 17.5. The van der Waals surface area contributed by atoms with Crippen LogP contribution in [0.4, 0.5) is 5.69 Å². The summed E-state index contributed by atoms with van der Waals surface area (Å²) in [7, 11) is 0. The molecule has 0 saturated carbocycles. The highest BCUT2D eigenvalue weighted by atomic mass is 35.5. The van der Waals surface area contributed by atoms with Gasteiger partial charge in [0.05, 0.1) is 5.75 Å². The SMILES string of the molecule is O=C(CSc1nnc(Cc2cc(=O)[nH]c(=O)[nH]2)n1-c1ccccc1)Nc1ccc(Cl)cc1. The predicted molar refractivity (Wildman–Crippen MR) is 123 cm³/mol. The van der Waals surface area contributed by atoms with Crippen LogP contribution in [0.5, 0.6) is 0 Å². The van der Waals surface area contributed by atoms with Gasteiger partial charge < -0.3 is 10.3 Å². The molecule has 0 bridgehead atoms. The first kappa shape index (κ1) is 21.6.